The number of hydrogen-bond donors (Lipinski definition) is 1. The molecule has 1 aromatic rings. The van der Waals surface area contributed by atoms with E-state index in [2.05, 4.69) is 9.59 Å². The van der Waals surface area contributed by atoms with Crippen molar-refractivity contribution in [2.24, 2.45) is 5.73 Å². The summed E-state index contributed by atoms with van der Waals surface area (Å²) in [6, 6.07) is 0. The smallest absolute Gasteiger partial charge is 0.0831 e. The van der Waals surface area contributed by atoms with Gasteiger partial charge in [-0.2, -0.15) is 0 Å². The van der Waals surface area contributed by atoms with Gasteiger partial charge < -0.3 is 5.73 Å². The summed E-state index contributed by atoms with van der Waals surface area (Å²) in [4.78, 5) is 1.19. The number of rotatable bonds is 2. The Hall–Kier alpha value is -0.480. The predicted molar refractivity (Wildman–Crippen MR) is 53.6 cm³/mol. The molecule has 4 heteroatoms. The van der Waals surface area contributed by atoms with E-state index in [-0.39, 0.29) is 0 Å². The van der Waals surface area contributed by atoms with Crippen LogP contribution in [0.2, 0.25) is 0 Å². The summed E-state index contributed by atoms with van der Waals surface area (Å²) in [5.41, 5.74) is 6.82. The molecule has 0 bridgehead atoms. The third-order valence-corrected chi connectivity index (χ3v) is 3.52. The zero-order chi connectivity index (χ0) is 9.10. The number of nitrogens with two attached hydrogens (primary N) is 1. The molecule has 0 radical (unpaired) electrons. The molecule has 72 valence electrons. The highest BCUT2D eigenvalue weighted by Gasteiger charge is 2.20. The summed E-state index contributed by atoms with van der Waals surface area (Å²) >= 11 is 1.46. The summed E-state index contributed by atoms with van der Waals surface area (Å²) < 4.78 is 3.98. The van der Waals surface area contributed by atoms with E-state index in [4.69, 9.17) is 5.73 Å². The van der Waals surface area contributed by atoms with E-state index in [1.807, 2.05) is 0 Å². The third-order valence-electron chi connectivity index (χ3n) is 2.76. The van der Waals surface area contributed by atoms with Crippen LogP contribution in [0.3, 0.4) is 0 Å². The number of aromatic nitrogens is 2. The Morgan fingerprint density at radius 3 is 2.77 bits per heavy atom. The van der Waals surface area contributed by atoms with Crippen molar-refractivity contribution >= 4 is 11.5 Å². The molecular formula is C9H15N3S. The average molecular weight is 197 g/mol. The molecule has 13 heavy (non-hydrogen) atoms. The molecule has 2 rings (SSSR count). The molecule has 0 amide bonds. The molecule has 1 aliphatic rings. The second-order valence-corrected chi connectivity index (χ2v) is 4.46. The Balaban J connectivity index is 2.13. The molecule has 1 saturated carbocycles. The fourth-order valence-electron chi connectivity index (χ4n) is 2.04. The van der Waals surface area contributed by atoms with Gasteiger partial charge in [0.2, 0.25) is 0 Å². The summed E-state index contributed by atoms with van der Waals surface area (Å²) in [7, 11) is 0. The van der Waals surface area contributed by atoms with Crippen LogP contribution < -0.4 is 5.73 Å². The van der Waals surface area contributed by atoms with Gasteiger partial charge in [0, 0.05) is 12.5 Å². The Labute approximate surface area is 82.5 Å². The quantitative estimate of drug-likeness (QED) is 0.789. The lowest BCUT2D eigenvalue weighted by atomic mass is 9.86. The first kappa shape index (κ1) is 9.09. The second kappa shape index (κ2) is 4.15. The minimum atomic E-state index is 0.601. The molecule has 1 fully saturated rings. The van der Waals surface area contributed by atoms with Crippen LogP contribution in [0.1, 0.15) is 48.6 Å². The highest BCUT2D eigenvalue weighted by Crippen LogP contribution is 2.33. The number of hydrogen-bond acceptors (Lipinski definition) is 4. The Morgan fingerprint density at radius 2 is 2.08 bits per heavy atom. The van der Waals surface area contributed by atoms with Gasteiger partial charge in [-0.05, 0) is 24.4 Å². The van der Waals surface area contributed by atoms with Gasteiger partial charge in [-0.1, -0.05) is 23.8 Å². The van der Waals surface area contributed by atoms with Gasteiger partial charge in [-0.15, -0.1) is 5.10 Å². The number of nitrogens with zero attached hydrogens (tertiary/aromatic N) is 2. The van der Waals surface area contributed by atoms with Gasteiger partial charge in [0.15, 0.2) is 0 Å². The fraction of sp³-hybridized carbons (Fsp3) is 0.778. The van der Waals surface area contributed by atoms with Crippen LogP contribution in [-0.4, -0.2) is 9.59 Å². The Bertz CT molecular complexity index is 266. The monoisotopic (exact) mass is 197 g/mol. The van der Waals surface area contributed by atoms with Crippen molar-refractivity contribution in [3.05, 3.63) is 10.6 Å². The van der Waals surface area contributed by atoms with Gasteiger partial charge >= 0.3 is 0 Å². The largest absolute Gasteiger partial charge is 0.326 e. The van der Waals surface area contributed by atoms with Crippen molar-refractivity contribution in [1.82, 2.24) is 9.59 Å². The van der Waals surface area contributed by atoms with Gasteiger partial charge in [0.25, 0.3) is 0 Å². The highest BCUT2D eigenvalue weighted by molar-refractivity contribution is 7.05. The third kappa shape index (κ3) is 1.89. The molecule has 0 saturated heterocycles. The van der Waals surface area contributed by atoms with Crippen LogP contribution >= 0.6 is 11.5 Å². The van der Waals surface area contributed by atoms with Crippen LogP contribution in [0.25, 0.3) is 0 Å². The average Bonchev–Trinajstić information content (AvgIpc) is 2.67. The Morgan fingerprint density at radius 1 is 1.31 bits per heavy atom. The van der Waals surface area contributed by atoms with E-state index in [0.29, 0.717) is 12.5 Å². The molecule has 2 N–H and O–H groups in total. The zero-order valence-corrected chi connectivity index (χ0v) is 8.52. The summed E-state index contributed by atoms with van der Waals surface area (Å²) in [6.07, 6.45) is 6.61. The summed E-state index contributed by atoms with van der Waals surface area (Å²) in [5, 5.41) is 4.20. The maximum atomic E-state index is 5.63. The minimum absolute atomic E-state index is 0.601. The highest BCUT2D eigenvalue weighted by atomic mass is 32.1. The lowest BCUT2D eigenvalue weighted by molar-refractivity contribution is 0.434. The van der Waals surface area contributed by atoms with Crippen molar-refractivity contribution in [2.45, 2.75) is 44.6 Å². The second-order valence-electron chi connectivity index (χ2n) is 3.62. The molecule has 0 atom stereocenters. The van der Waals surface area contributed by atoms with Crippen molar-refractivity contribution in [3.63, 3.8) is 0 Å². The first-order valence-corrected chi connectivity index (χ1v) is 5.70. The molecule has 0 aromatic carbocycles. The van der Waals surface area contributed by atoms with Crippen LogP contribution in [0.15, 0.2) is 0 Å². The molecule has 0 aliphatic heterocycles. The van der Waals surface area contributed by atoms with Crippen molar-refractivity contribution in [2.75, 3.05) is 0 Å². The lowest BCUT2D eigenvalue weighted by Crippen LogP contribution is -2.08. The van der Waals surface area contributed by atoms with Gasteiger partial charge in [-0.3, -0.25) is 0 Å². The van der Waals surface area contributed by atoms with E-state index in [0.717, 1.165) is 0 Å². The first-order chi connectivity index (χ1) is 6.42. The van der Waals surface area contributed by atoms with E-state index in [9.17, 15) is 0 Å². The maximum Gasteiger partial charge on any atom is 0.0831 e. The van der Waals surface area contributed by atoms with E-state index < -0.39 is 0 Å². The molecule has 1 aliphatic carbocycles. The van der Waals surface area contributed by atoms with Gasteiger partial charge in [0.1, 0.15) is 0 Å². The minimum Gasteiger partial charge on any atom is -0.326 e. The topological polar surface area (TPSA) is 51.8 Å². The lowest BCUT2D eigenvalue weighted by Gasteiger charge is -2.19. The first-order valence-electron chi connectivity index (χ1n) is 4.93. The predicted octanol–water partition coefficient (Wildman–Crippen LogP) is 2.04. The molecule has 1 heterocycles. The van der Waals surface area contributed by atoms with Gasteiger partial charge in [-0.25, -0.2) is 0 Å². The molecule has 0 spiro atoms. The fourth-order valence-corrected chi connectivity index (χ4v) is 2.65. The maximum absolute atomic E-state index is 5.63. The van der Waals surface area contributed by atoms with Gasteiger partial charge in [0.05, 0.1) is 10.6 Å². The van der Waals surface area contributed by atoms with Crippen LogP contribution in [0, 0.1) is 0 Å². The van der Waals surface area contributed by atoms with Crippen molar-refractivity contribution in [3.8, 4) is 0 Å². The molecule has 0 unspecified atom stereocenters. The normalized spacial score (nSPS) is 19.2. The standard InChI is InChI=1S/C9H15N3S/c10-6-8-9(11-12-13-8)7-4-2-1-3-5-7/h7H,1-6,10H2. The van der Waals surface area contributed by atoms with Crippen LogP contribution in [0.4, 0.5) is 0 Å². The Kier molecular flexibility index (Phi) is 2.90. The molecule has 1 aromatic heterocycles. The zero-order valence-electron chi connectivity index (χ0n) is 7.70. The summed E-state index contributed by atoms with van der Waals surface area (Å²) in [5.74, 6) is 0.644. The van der Waals surface area contributed by atoms with E-state index >= 15 is 0 Å². The van der Waals surface area contributed by atoms with Crippen LogP contribution in [-0.2, 0) is 6.54 Å². The molecular weight excluding hydrogens is 182 g/mol. The van der Waals surface area contributed by atoms with E-state index in [1.165, 1.54) is 54.2 Å². The van der Waals surface area contributed by atoms with Crippen molar-refractivity contribution < 1.29 is 0 Å². The van der Waals surface area contributed by atoms with Crippen LogP contribution in [0.5, 0.6) is 0 Å². The van der Waals surface area contributed by atoms with E-state index in [1.54, 1.807) is 0 Å². The summed E-state index contributed by atoms with van der Waals surface area (Å²) in [6.45, 7) is 0.601. The van der Waals surface area contributed by atoms with Crippen molar-refractivity contribution in [1.29, 1.82) is 0 Å². The molecule has 3 nitrogen and oxygen atoms in total. The SMILES string of the molecule is NCc1snnc1C1CCCCC1.